The van der Waals surface area contributed by atoms with Crippen LogP contribution in [0.25, 0.3) is 10.9 Å². The van der Waals surface area contributed by atoms with E-state index in [-0.39, 0.29) is 5.91 Å². The van der Waals surface area contributed by atoms with Gasteiger partial charge in [0, 0.05) is 24.5 Å². The van der Waals surface area contributed by atoms with Gasteiger partial charge in [-0.3, -0.25) is 4.79 Å². The van der Waals surface area contributed by atoms with Crippen molar-refractivity contribution in [2.24, 2.45) is 7.05 Å². The Hall–Kier alpha value is -2.75. The van der Waals surface area contributed by atoms with Gasteiger partial charge in [-0.25, -0.2) is 0 Å². The van der Waals surface area contributed by atoms with Crippen LogP contribution in [0.5, 0.6) is 5.75 Å². The first-order valence-corrected chi connectivity index (χ1v) is 7.14. The minimum atomic E-state index is -0.0819. The predicted molar refractivity (Wildman–Crippen MR) is 87.1 cm³/mol. The zero-order chi connectivity index (χ0) is 15.5. The van der Waals surface area contributed by atoms with E-state index in [0.29, 0.717) is 12.2 Å². The molecule has 0 saturated carbocycles. The van der Waals surface area contributed by atoms with Crippen molar-refractivity contribution in [3.8, 4) is 5.75 Å². The molecule has 0 aliphatic heterocycles. The van der Waals surface area contributed by atoms with E-state index in [0.717, 1.165) is 22.2 Å². The molecular formula is C18H18N2O2. The molecule has 1 N–H and O–H groups in total. The molecule has 0 fully saturated rings. The highest BCUT2D eigenvalue weighted by Crippen LogP contribution is 2.23. The lowest BCUT2D eigenvalue weighted by atomic mass is 10.2. The number of methoxy groups -OCH3 is 1. The number of hydrogen-bond acceptors (Lipinski definition) is 2. The van der Waals surface area contributed by atoms with Crippen LogP contribution in [0.4, 0.5) is 0 Å². The average molecular weight is 294 g/mol. The molecule has 1 amide bonds. The first kappa shape index (κ1) is 14.2. The Bertz CT molecular complexity index is 807. The molecule has 0 saturated heterocycles. The van der Waals surface area contributed by atoms with E-state index in [4.69, 9.17) is 4.74 Å². The number of amides is 1. The van der Waals surface area contributed by atoms with Crippen LogP contribution in [0.3, 0.4) is 0 Å². The molecule has 1 heterocycles. The Labute approximate surface area is 129 Å². The number of aromatic nitrogens is 1. The van der Waals surface area contributed by atoms with Crippen molar-refractivity contribution in [3.63, 3.8) is 0 Å². The standard InChI is InChI=1S/C18H18N2O2/c1-20-16-9-8-15(22-2)10-14(16)11-17(20)18(21)19-12-13-6-4-3-5-7-13/h3-11H,12H2,1-2H3,(H,19,21). The number of aryl methyl sites for hydroxylation is 1. The van der Waals surface area contributed by atoms with E-state index in [1.54, 1.807) is 7.11 Å². The fourth-order valence-corrected chi connectivity index (χ4v) is 2.54. The quantitative estimate of drug-likeness (QED) is 0.803. The highest BCUT2D eigenvalue weighted by atomic mass is 16.5. The molecule has 1 aromatic heterocycles. The van der Waals surface area contributed by atoms with E-state index >= 15 is 0 Å². The second-order valence-electron chi connectivity index (χ2n) is 5.18. The maximum Gasteiger partial charge on any atom is 0.268 e. The summed E-state index contributed by atoms with van der Waals surface area (Å²) in [5.74, 6) is 0.705. The largest absolute Gasteiger partial charge is 0.497 e. The van der Waals surface area contributed by atoms with Crippen molar-refractivity contribution in [3.05, 3.63) is 65.9 Å². The summed E-state index contributed by atoms with van der Waals surface area (Å²) in [7, 11) is 3.53. The van der Waals surface area contributed by atoms with Gasteiger partial charge in [-0.15, -0.1) is 0 Å². The van der Waals surface area contributed by atoms with E-state index in [1.807, 2.05) is 66.2 Å². The highest BCUT2D eigenvalue weighted by Gasteiger charge is 2.13. The molecule has 3 aromatic rings. The van der Waals surface area contributed by atoms with E-state index in [9.17, 15) is 4.79 Å². The smallest absolute Gasteiger partial charge is 0.268 e. The fraction of sp³-hybridized carbons (Fsp3) is 0.167. The van der Waals surface area contributed by atoms with Crippen molar-refractivity contribution >= 4 is 16.8 Å². The molecule has 3 rings (SSSR count). The molecule has 0 bridgehead atoms. The van der Waals surface area contributed by atoms with Crippen molar-refractivity contribution in [1.29, 1.82) is 0 Å². The van der Waals surface area contributed by atoms with Crippen LogP contribution in [0.1, 0.15) is 16.1 Å². The molecule has 0 unspecified atom stereocenters. The number of carbonyl (C=O) groups is 1. The Morgan fingerprint density at radius 3 is 2.64 bits per heavy atom. The summed E-state index contributed by atoms with van der Waals surface area (Å²) in [6.07, 6.45) is 0. The molecule has 4 heteroatoms. The summed E-state index contributed by atoms with van der Waals surface area (Å²) in [6, 6.07) is 17.6. The number of nitrogens with zero attached hydrogens (tertiary/aromatic N) is 1. The lowest BCUT2D eigenvalue weighted by Crippen LogP contribution is -2.24. The van der Waals surface area contributed by atoms with Crippen LogP contribution in [0.15, 0.2) is 54.6 Å². The maximum atomic E-state index is 12.4. The van der Waals surface area contributed by atoms with Gasteiger partial charge >= 0.3 is 0 Å². The second-order valence-corrected chi connectivity index (χ2v) is 5.18. The lowest BCUT2D eigenvalue weighted by molar-refractivity contribution is 0.0943. The Balaban J connectivity index is 1.83. The second kappa shape index (κ2) is 5.93. The van der Waals surface area contributed by atoms with Gasteiger partial charge in [0.15, 0.2) is 0 Å². The van der Waals surface area contributed by atoms with Crippen molar-refractivity contribution in [2.45, 2.75) is 6.54 Å². The monoisotopic (exact) mass is 294 g/mol. The van der Waals surface area contributed by atoms with Gasteiger partial charge in [-0.05, 0) is 29.8 Å². The van der Waals surface area contributed by atoms with Gasteiger partial charge < -0.3 is 14.6 Å². The average Bonchev–Trinajstić information content (AvgIpc) is 2.90. The molecule has 22 heavy (non-hydrogen) atoms. The fourth-order valence-electron chi connectivity index (χ4n) is 2.54. The summed E-state index contributed by atoms with van der Waals surface area (Å²) >= 11 is 0. The molecule has 4 nitrogen and oxygen atoms in total. The Morgan fingerprint density at radius 2 is 1.91 bits per heavy atom. The molecule has 112 valence electrons. The van der Waals surface area contributed by atoms with Gasteiger partial charge in [-0.2, -0.15) is 0 Å². The summed E-state index contributed by atoms with van der Waals surface area (Å²) in [5, 5.41) is 3.95. The van der Waals surface area contributed by atoms with Crippen molar-refractivity contribution < 1.29 is 9.53 Å². The molecule has 0 radical (unpaired) electrons. The molecular weight excluding hydrogens is 276 g/mol. The minimum absolute atomic E-state index is 0.0819. The van der Waals surface area contributed by atoms with Gasteiger partial charge in [0.1, 0.15) is 11.4 Å². The van der Waals surface area contributed by atoms with Gasteiger partial charge in [0.05, 0.1) is 7.11 Å². The lowest BCUT2D eigenvalue weighted by Gasteiger charge is -2.06. The number of rotatable bonds is 4. The van der Waals surface area contributed by atoms with Crippen molar-refractivity contribution in [2.75, 3.05) is 7.11 Å². The van der Waals surface area contributed by atoms with E-state index < -0.39 is 0 Å². The normalized spacial score (nSPS) is 10.6. The third-order valence-corrected chi connectivity index (χ3v) is 3.78. The summed E-state index contributed by atoms with van der Waals surface area (Å²) in [4.78, 5) is 12.4. The van der Waals surface area contributed by atoms with Gasteiger partial charge in [0.2, 0.25) is 0 Å². The van der Waals surface area contributed by atoms with Crippen LogP contribution >= 0.6 is 0 Å². The molecule has 0 aliphatic carbocycles. The molecule has 0 atom stereocenters. The van der Waals surface area contributed by atoms with Crippen LogP contribution < -0.4 is 10.1 Å². The zero-order valence-electron chi connectivity index (χ0n) is 12.7. The number of carbonyl (C=O) groups excluding carboxylic acids is 1. The Kier molecular flexibility index (Phi) is 3.83. The number of ether oxygens (including phenoxy) is 1. The summed E-state index contributed by atoms with van der Waals surface area (Å²) < 4.78 is 7.13. The summed E-state index contributed by atoms with van der Waals surface area (Å²) in [6.45, 7) is 0.518. The van der Waals surface area contributed by atoms with E-state index in [2.05, 4.69) is 5.32 Å². The zero-order valence-corrected chi connectivity index (χ0v) is 12.7. The first-order valence-electron chi connectivity index (χ1n) is 7.14. The Morgan fingerprint density at radius 1 is 1.14 bits per heavy atom. The SMILES string of the molecule is COc1ccc2c(c1)cc(C(=O)NCc1ccccc1)n2C. The van der Waals surface area contributed by atoms with Gasteiger partial charge in [-0.1, -0.05) is 30.3 Å². The van der Waals surface area contributed by atoms with E-state index in [1.165, 1.54) is 0 Å². The topological polar surface area (TPSA) is 43.3 Å². The van der Waals surface area contributed by atoms with Crippen molar-refractivity contribution in [1.82, 2.24) is 9.88 Å². The maximum absolute atomic E-state index is 12.4. The third kappa shape index (κ3) is 2.68. The number of benzene rings is 2. The predicted octanol–water partition coefficient (Wildman–Crippen LogP) is 3.12. The molecule has 0 spiro atoms. The number of nitrogens with one attached hydrogen (secondary N) is 1. The third-order valence-electron chi connectivity index (χ3n) is 3.78. The molecule has 0 aliphatic rings. The van der Waals surface area contributed by atoms with Gasteiger partial charge in [0.25, 0.3) is 5.91 Å². The first-order chi connectivity index (χ1) is 10.7. The van der Waals surface area contributed by atoms with Crippen LogP contribution in [0, 0.1) is 0 Å². The van der Waals surface area contributed by atoms with Crippen LogP contribution in [-0.4, -0.2) is 17.6 Å². The highest BCUT2D eigenvalue weighted by molar-refractivity contribution is 5.99. The van der Waals surface area contributed by atoms with Crippen LogP contribution in [0.2, 0.25) is 0 Å². The van der Waals surface area contributed by atoms with Crippen LogP contribution in [-0.2, 0) is 13.6 Å². The summed E-state index contributed by atoms with van der Waals surface area (Å²) in [5.41, 5.74) is 2.72. The number of fused-ring (bicyclic) bond motifs is 1. The number of hydrogen-bond donors (Lipinski definition) is 1. The molecule has 2 aromatic carbocycles. The minimum Gasteiger partial charge on any atom is -0.497 e.